The van der Waals surface area contributed by atoms with Gasteiger partial charge < -0.3 is 10.1 Å². The van der Waals surface area contributed by atoms with Crippen molar-refractivity contribution in [3.05, 3.63) is 12.2 Å². The summed E-state index contributed by atoms with van der Waals surface area (Å²) in [6.45, 7) is 5.36. The second-order valence-electron chi connectivity index (χ2n) is 5.27. The zero-order chi connectivity index (χ0) is 11.7. The van der Waals surface area contributed by atoms with Crippen LogP contribution in [0.1, 0.15) is 20.8 Å². The molecule has 0 unspecified atom stereocenters. The Labute approximate surface area is 94.0 Å². The molecule has 0 aromatic rings. The van der Waals surface area contributed by atoms with Crippen LogP contribution in [0.25, 0.3) is 0 Å². The molecule has 3 aliphatic heterocycles. The van der Waals surface area contributed by atoms with Gasteiger partial charge in [-0.3, -0.25) is 9.59 Å². The largest absolute Gasteiger partial charge is 0.357 e. The first-order valence-corrected chi connectivity index (χ1v) is 5.62. The number of rotatable bonds is 1. The standard InChI is InChI=1S/C12H15NO3/c1-6(14)8-9-10(15)13-7(2)12(9)5-4-11(8,3)16-12/h4-5,7-9H,1-3H3,(H,13,15)/t7-,8-,9+,11-,12+/m0/s1. The summed E-state index contributed by atoms with van der Waals surface area (Å²) in [5.41, 5.74) is -1.19. The summed E-state index contributed by atoms with van der Waals surface area (Å²) in [4.78, 5) is 23.7. The van der Waals surface area contributed by atoms with Crippen molar-refractivity contribution >= 4 is 11.7 Å². The van der Waals surface area contributed by atoms with Gasteiger partial charge in [0.2, 0.25) is 5.91 Å². The van der Waals surface area contributed by atoms with Gasteiger partial charge >= 0.3 is 0 Å². The molecule has 16 heavy (non-hydrogen) atoms. The molecule has 4 nitrogen and oxygen atoms in total. The van der Waals surface area contributed by atoms with E-state index in [9.17, 15) is 9.59 Å². The number of hydrogen-bond acceptors (Lipinski definition) is 3. The molecule has 3 rings (SSSR count). The van der Waals surface area contributed by atoms with Crippen LogP contribution in [0.5, 0.6) is 0 Å². The number of ketones is 1. The quantitative estimate of drug-likeness (QED) is 0.653. The fourth-order valence-corrected chi connectivity index (χ4v) is 3.58. The van der Waals surface area contributed by atoms with Gasteiger partial charge in [-0.15, -0.1) is 0 Å². The van der Waals surface area contributed by atoms with Crippen molar-refractivity contribution in [3.63, 3.8) is 0 Å². The van der Waals surface area contributed by atoms with Crippen LogP contribution in [0.2, 0.25) is 0 Å². The fraction of sp³-hybridized carbons (Fsp3) is 0.667. The van der Waals surface area contributed by atoms with E-state index < -0.39 is 11.2 Å². The molecule has 1 amide bonds. The Hall–Kier alpha value is -1.16. The van der Waals surface area contributed by atoms with Gasteiger partial charge in [0.1, 0.15) is 11.4 Å². The van der Waals surface area contributed by atoms with Gasteiger partial charge in [-0.2, -0.15) is 0 Å². The maximum absolute atomic E-state index is 11.9. The number of fused-ring (bicyclic) bond motifs is 1. The first kappa shape index (κ1) is 10.0. The third kappa shape index (κ3) is 0.857. The summed E-state index contributed by atoms with van der Waals surface area (Å²) in [7, 11) is 0. The summed E-state index contributed by atoms with van der Waals surface area (Å²) in [5, 5.41) is 2.87. The molecule has 2 saturated heterocycles. The molecule has 1 spiro atoms. The topological polar surface area (TPSA) is 55.4 Å². The van der Waals surface area contributed by atoms with E-state index >= 15 is 0 Å². The zero-order valence-corrected chi connectivity index (χ0v) is 9.61. The van der Waals surface area contributed by atoms with E-state index in [1.807, 2.05) is 26.0 Å². The maximum atomic E-state index is 11.9. The number of amides is 1. The third-order valence-corrected chi connectivity index (χ3v) is 4.26. The van der Waals surface area contributed by atoms with Crippen LogP contribution in [-0.2, 0) is 14.3 Å². The minimum Gasteiger partial charge on any atom is -0.357 e. The van der Waals surface area contributed by atoms with Crippen LogP contribution < -0.4 is 5.32 Å². The van der Waals surface area contributed by atoms with Gasteiger partial charge in [0, 0.05) is 0 Å². The van der Waals surface area contributed by atoms with E-state index in [0.29, 0.717) is 0 Å². The number of nitrogens with one attached hydrogen (secondary N) is 1. The highest BCUT2D eigenvalue weighted by molar-refractivity contribution is 5.93. The highest BCUT2D eigenvalue weighted by Gasteiger charge is 2.71. The Kier molecular flexibility index (Phi) is 1.61. The molecule has 86 valence electrons. The lowest BCUT2D eigenvalue weighted by molar-refractivity contribution is -0.131. The van der Waals surface area contributed by atoms with Gasteiger partial charge in [0.25, 0.3) is 0 Å². The lowest BCUT2D eigenvalue weighted by Gasteiger charge is -2.26. The average Bonchev–Trinajstić information content (AvgIpc) is 2.72. The third-order valence-electron chi connectivity index (χ3n) is 4.26. The summed E-state index contributed by atoms with van der Waals surface area (Å²) in [6.07, 6.45) is 3.89. The molecule has 3 aliphatic rings. The summed E-state index contributed by atoms with van der Waals surface area (Å²) in [5.74, 6) is -0.721. The van der Waals surface area contributed by atoms with Crippen molar-refractivity contribution in [1.29, 1.82) is 0 Å². The summed E-state index contributed by atoms with van der Waals surface area (Å²) >= 11 is 0. The van der Waals surface area contributed by atoms with E-state index in [0.717, 1.165) is 0 Å². The number of hydrogen-bond donors (Lipinski definition) is 1. The molecule has 0 aliphatic carbocycles. The van der Waals surface area contributed by atoms with Crippen molar-refractivity contribution in [3.8, 4) is 0 Å². The molecule has 0 aromatic carbocycles. The van der Waals surface area contributed by atoms with E-state index in [1.54, 1.807) is 0 Å². The summed E-state index contributed by atoms with van der Waals surface area (Å²) in [6, 6.07) is -0.0626. The number of carbonyl (C=O) groups excluding carboxylic acids is 2. The van der Waals surface area contributed by atoms with Crippen molar-refractivity contribution in [2.45, 2.75) is 38.0 Å². The lowest BCUT2D eigenvalue weighted by Crippen LogP contribution is -2.42. The Morgan fingerprint density at radius 3 is 2.81 bits per heavy atom. The van der Waals surface area contributed by atoms with E-state index in [4.69, 9.17) is 4.74 Å². The zero-order valence-electron chi connectivity index (χ0n) is 9.61. The molecular formula is C12H15NO3. The van der Waals surface area contributed by atoms with Crippen LogP contribution in [0, 0.1) is 11.8 Å². The van der Waals surface area contributed by atoms with E-state index in [2.05, 4.69) is 5.32 Å². The molecule has 0 aromatic heterocycles. The first-order valence-electron chi connectivity index (χ1n) is 5.62. The van der Waals surface area contributed by atoms with Crippen LogP contribution >= 0.6 is 0 Å². The molecule has 4 heteroatoms. The Bertz CT molecular complexity index is 430. The highest BCUT2D eigenvalue weighted by Crippen LogP contribution is 2.57. The second-order valence-corrected chi connectivity index (χ2v) is 5.27. The van der Waals surface area contributed by atoms with Crippen molar-refractivity contribution in [2.24, 2.45) is 11.8 Å². The van der Waals surface area contributed by atoms with Gasteiger partial charge in [0.05, 0.1) is 23.5 Å². The predicted molar refractivity (Wildman–Crippen MR) is 56.6 cm³/mol. The van der Waals surface area contributed by atoms with Gasteiger partial charge in [-0.25, -0.2) is 0 Å². The average molecular weight is 221 g/mol. The normalized spacial score (nSPS) is 52.9. The molecule has 5 atom stereocenters. The molecule has 3 heterocycles. The molecule has 0 radical (unpaired) electrons. The summed E-state index contributed by atoms with van der Waals surface area (Å²) < 4.78 is 6.01. The van der Waals surface area contributed by atoms with Crippen LogP contribution in [0.3, 0.4) is 0 Å². The number of Topliss-reactive ketones (excluding diaryl/α,β-unsaturated/α-hetero) is 1. The van der Waals surface area contributed by atoms with Crippen molar-refractivity contribution in [2.75, 3.05) is 0 Å². The maximum Gasteiger partial charge on any atom is 0.227 e. The van der Waals surface area contributed by atoms with Crippen molar-refractivity contribution in [1.82, 2.24) is 5.32 Å². The van der Waals surface area contributed by atoms with Gasteiger partial charge in [-0.1, -0.05) is 12.2 Å². The minimum absolute atomic E-state index is 0.0305. The fourth-order valence-electron chi connectivity index (χ4n) is 3.58. The first-order chi connectivity index (χ1) is 7.41. The molecule has 2 bridgehead atoms. The van der Waals surface area contributed by atoms with Crippen LogP contribution in [-0.4, -0.2) is 28.9 Å². The molecule has 2 fully saturated rings. The number of ether oxygens (including phenoxy) is 1. The van der Waals surface area contributed by atoms with E-state index in [1.165, 1.54) is 6.92 Å². The molecule has 0 saturated carbocycles. The smallest absolute Gasteiger partial charge is 0.227 e. The predicted octanol–water partition coefficient (Wildman–Crippen LogP) is 0.424. The number of carbonyl (C=O) groups is 2. The highest BCUT2D eigenvalue weighted by atomic mass is 16.5. The Morgan fingerprint density at radius 2 is 2.19 bits per heavy atom. The van der Waals surface area contributed by atoms with E-state index in [-0.39, 0.29) is 29.6 Å². The van der Waals surface area contributed by atoms with Gasteiger partial charge in [-0.05, 0) is 20.8 Å². The van der Waals surface area contributed by atoms with Crippen molar-refractivity contribution < 1.29 is 14.3 Å². The monoisotopic (exact) mass is 221 g/mol. The Balaban J connectivity index is 2.16. The SMILES string of the molecule is CC(=O)[C@H]1[C@@H]2C(=O)N[C@@H](C)[C@]23C=C[C@]1(C)O3. The van der Waals surface area contributed by atoms with Crippen LogP contribution in [0.4, 0.5) is 0 Å². The molecular weight excluding hydrogens is 206 g/mol. The second kappa shape index (κ2) is 2.56. The lowest BCUT2D eigenvalue weighted by atomic mass is 9.69. The van der Waals surface area contributed by atoms with Crippen LogP contribution in [0.15, 0.2) is 12.2 Å². The minimum atomic E-state index is -0.595. The molecule has 1 N–H and O–H groups in total. The Morgan fingerprint density at radius 1 is 1.50 bits per heavy atom. The van der Waals surface area contributed by atoms with Gasteiger partial charge in [0.15, 0.2) is 0 Å².